The Kier molecular flexibility index (Phi) is 5.28. The summed E-state index contributed by atoms with van der Waals surface area (Å²) in [6.45, 7) is 3.71. The Morgan fingerprint density at radius 2 is 1.70 bits per heavy atom. The lowest BCUT2D eigenvalue weighted by Gasteiger charge is -2.16. The molecule has 0 aliphatic rings. The molecule has 0 saturated carbocycles. The molecule has 3 N–H and O–H groups in total. The maximum Gasteiger partial charge on any atom is 0.252 e. The number of amides is 2. The molecule has 3 aromatic rings. The molecule has 0 aliphatic heterocycles. The van der Waals surface area contributed by atoms with Crippen molar-refractivity contribution >= 4 is 23.4 Å². The number of aromatic nitrogens is 2. The van der Waals surface area contributed by atoms with Crippen molar-refractivity contribution in [3.8, 4) is 5.69 Å². The van der Waals surface area contributed by atoms with Crippen molar-refractivity contribution in [1.82, 2.24) is 15.1 Å². The van der Waals surface area contributed by atoms with Gasteiger partial charge in [-0.3, -0.25) is 9.59 Å². The van der Waals surface area contributed by atoms with Gasteiger partial charge in [0, 0.05) is 5.56 Å². The maximum atomic E-state index is 12.5. The van der Waals surface area contributed by atoms with Gasteiger partial charge < -0.3 is 11.1 Å². The first-order valence-electron chi connectivity index (χ1n) is 8.35. The first-order chi connectivity index (χ1) is 12.9. The number of primary amides is 1. The highest BCUT2D eigenvalue weighted by Crippen LogP contribution is 2.22. The Balaban J connectivity index is 1.81. The summed E-state index contributed by atoms with van der Waals surface area (Å²) in [6.07, 6.45) is 0. The molecule has 0 bridgehead atoms. The molecule has 1 atom stereocenters. The number of nitrogens with zero attached hydrogens (tertiary/aromatic N) is 2. The molecule has 6 nitrogen and oxygen atoms in total. The molecule has 0 spiro atoms. The Morgan fingerprint density at radius 3 is 2.22 bits per heavy atom. The number of nitrogens with one attached hydrogen (secondary N) is 1. The highest BCUT2D eigenvalue weighted by Gasteiger charge is 2.21. The van der Waals surface area contributed by atoms with E-state index in [0.29, 0.717) is 16.1 Å². The normalized spacial score (nSPS) is 11.8. The van der Waals surface area contributed by atoms with Crippen LogP contribution in [0.5, 0.6) is 0 Å². The van der Waals surface area contributed by atoms with Crippen LogP contribution in [0.3, 0.4) is 0 Å². The van der Waals surface area contributed by atoms with Crippen LogP contribution in [0.25, 0.3) is 5.69 Å². The number of carbonyl (C=O) groups excluding carboxylic acids is 2. The molecule has 0 unspecified atom stereocenters. The fraction of sp³-hybridized carbons (Fsp3) is 0.150. The Morgan fingerprint density at radius 1 is 1.07 bits per heavy atom. The highest BCUT2D eigenvalue weighted by molar-refractivity contribution is 6.31. The maximum absolute atomic E-state index is 12.5. The molecule has 0 aliphatic carbocycles. The smallest absolute Gasteiger partial charge is 0.252 e. The predicted octanol–water partition coefficient (Wildman–Crippen LogP) is 3.10. The van der Waals surface area contributed by atoms with Crippen LogP contribution >= 0.6 is 11.6 Å². The number of halogens is 1. The van der Waals surface area contributed by atoms with Crippen LogP contribution < -0.4 is 11.1 Å². The van der Waals surface area contributed by atoms with Gasteiger partial charge in [-0.05, 0) is 43.7 Å². The van der Waals surface area contributed by atoms with E-state index in [4.69, 9.17) is 17.3 Å². The van der Waals surface area contributed by atoms with Gasteiger partial charge >= 0.3 is 0 Å². The van der Waals surface area contributed by atoms with Crippen LogP contribution in [0.2, 0.25) is 5.02 Å². The number of nitrogens with two attached hydrogens (primary N) is 1. The molecule has 2 aromatic carbocycles. The van der Waals surface area contributed by atoms with Crippen molar-refractivity contribution in [3.63, 3.8) is 0 Å². The number of hydrogen-bond acceptors (Lipinski definition) is 3. The van der Waals surface area contributed by atoms with Gasteiger partial charge in [-0.1, -0.05) is 41.9 Å². The minimum absolute atomic E-state index is 0.388. The number of carbonyl (C=O) groups is 2. The molecular weight excluding hydrogens is 364 g/mol. The van der Waals surface area contributed by atoms with Crippen molar-refractivity contribution in [2.45, 2.75) is 19.9 Å². The van der Waals surface area contributed by atoms with Gasteiger partial charge in [-0.2, -0.15) is 5.10 Å². The van der Waals surface area contributed by atoms with E-state index >= 15 is 0 Å². The summed E-state index contributed by atoms with van der Waals surface area (Å²) in [5, 5.41) is 7.68. The van der Waals surface area contributed by atoms with E-state index in [0.717, 1.165) is 17.1 Å². The third kappa shape index (κ3) is 3.85. The molecule has 1 aromatic heterocycles. The fourth-order valence-electron chi connectivity index (χ4n) is 2.81. The quantitative estimate of drug-likeness (QED) is 0.710. The molecule has 0 radical (unpaired) electrons. The molecule has 7 heteroatoms. The van der Waals surface area contributed by atoms with E-state index in [1.54, 1.807) is 53.2 Å². The highest BCUT2D eigenvalue weighted by atomic mass is 35.5. The zero-order valence-electron chi connectivity index (χ0n) is 14.9. The summed E-state index contributed by atoms with van der Waals surface area (Å²) in [4.78, 5) is 24.3. The van der Waals surface area contributed by atoms with Crippen LogP contribution in [0.1, 0.15) is 33.4 Å². The van der Waals surface area contributed by atoms with E-state index in [1.807, 2.05) is 19.9 Å². The second kappa shape index (κ2) is 7.63. The Hall–Kier alpha value is -3.12. The van der Waals surface area contributed by atoms with Gasteiger partial charge in [0.15, 0.2) is 0 Å². The van der Waals surface area contributed by atoms with Crippen molar-refractivity contribution in [1.29, 1.82) is 0 Å². The summed E-state index contributed by atoms with van der Waals surface area (Å²) in [7, 11) is 0. The minimum Gasteiger partial charge on any atom is -0.368 e. The molecule has 0 saturated heterocycles. The molecule has 2 amide bonds. The molecule has 138 valence electrons. The van der Waals surface area contributed by atoms with Crippen LogP contribution in [0, 0.1) is 13.8 Å². The molecule has 1 heterocycles. The SMILES string of the molecule is Cc1nn(-c2ccc(C(=O)N[C@@H](C(N)=O)c3ccccc3)cc2)c(C)c1Cl. The third-order valence-corrected chi connectivity index (χ3v) is 4.82. The summed E-state index contributed by atoms with van der Waals surface area (Å²) >= 11 is 6.18. The van der Waals surface area contributed by atoms with Gasteiger partial charge in [-0.25, -0.2) is 4.68 Å². The van der Waals surface area contributed by atoms with Crippen LogP contribution in [0.4, 0.5) is 0 Å². The van der Waals surface area contributed by atoms with Crippen molar-refractivity contribution in [3.05, 3.63) is 82.1 Å². The van der Waals surface area contributed by atoms with E-state index in [9.17, 15) is 9.59 Å². The second-order valence-electron chi connectivity index (χ2n) is 6.16. The molecule has 3 rings (SSSR count). The van der Waals surface area contributed by atoms with E-state index in [-0.39, 0.29) is 5.91 Å². The lowest BCUT2D eigenvalue weighted by Crippen LogP contribution is -2.37. The van der Waals surface area contributed by atoms with E-state index in [2.05, 4.69) is 10.4 Å². The first kappa shape index (κ1) is 18.7. The van der Waals surface area contributed by atoms with E-state index in [1.165, 1.54) is 0 Å². The fourth-order valence-corrected chi connectivity index (χ4v) is 2.93. The van der Waals surface area contributed by atoms with Gasteiger partial charge in [0.25, 0.3) is 5.91 Å². The summed E-state index contributed by atoms with van der Waals surface area (Å²) in [5.41, 5.74) is 8.84. The monoisotopic (exact) mass is 382 g/mol. The topological polar surface area (TPSA) is 90.0 Å². The minimum atomic E-state index is -0.895. The van der Waals surface area contributed by atoms with Gasteiger partial charge in [0.1, 0.15) is 6.04 Å². The second-order valence-corrected chi connectivity index (χ2v) is 6.54. The van der Waals surface area contributed by atoms with Crippen LogP contribution in [-0.4, -0.2) is 21.6 Å². The number of rotatable bonds is 5. The number of hydrogen-bond donors (Lipinski definition) is 2. The number of aryl methyl sites for hydroxylation is 1. The first-order valence-corrected chi connectivity index (χ1v) is 8.73. The zero-order valence-corrected chi connectivity index (χ0v) is 15.7. The molecule has 0 fully saturated rings. The summed E-state index contributed by atoms with van der Waals surface area (Å²) < 4.78 is 1.72. The largest absolute Gasteiger partial charge is 0.368 e. The van der Waals surface area contributed by atoms with Crippen molar-refractivity contribution in [2.24, 2.45) is 5.73 Å². The summed E-state index contributed by atoms with van der Waals surface area (Å²) in [6, 6.07) is 14.9. The Labute approximate surface area is 161 Å². The third-order valence-electron chi connectivity index (χ3n) is 4.27. The van der Waals surface area contributed by atoms with E-state index < -0.39 is 11.9 Å². The van der Waals surface area contributed by atoms with Crippen LogP contribution in [0.15, 0.2) is 54.6 Å². The van der Waals surface area contributed by atoms with Gasteiger partial charge in [-0.15, -0.1) is 0 Å². The molecule has 27 heavy (non-hydrogen) atoms. The summed E-state index contributed by atoms with van der Waals surface area (Å²) in [5.74, 6) is -1.01. The van der Waals surface area contributed by atoms with Crippen molar-refractivity contribution < 1.29 is 9.59 Å². The zero-order chi connectivity index (χ0) is 19.6. The average Bonchev–Trinajstić information content (AvgIpc) is 2.94. The van der Waals surface area contributed by atoms with Gasteiger partial charge in [0.05, 0.1) is 22.1 Å². The van der Waals surface area contributed by atoms with Crippen LogP contribution in [-0.2, 0) is 4.79 Å². The average molecular weight is 383 g/mol. The Bertz CT molecular complexity index is 981. The number of benzene rings is 2. The lowest BCUT2D eigenvalue weighted by molar-refractivity contribution is -0.120. The van der Waals surface area contributed by atoms with Crippen molar-refractivity contribution in [2.75, 3.05) is 0 Å². The van der Waals surface area contributed by atoms with Gasteiger partial charge in [0.2, 0.25) is 5.91 Å². The molecular formula is C20H19ClN4O2. The lowest BCUT2D eigenvalue weighted by atomic mass is 10.1. The predicted molar refractivity (Wildman–Crippen MR) is 104 cm³/mol. The standard InChI is InChI=1S/C20H19ClN4O2/c1-12-17(21)13(2)25(24-12)16-10-8-15(9-11-16)20(27)23-18(19(22)26)14-6-4-3-5-7-14/h3-11,18H,1-2H3,(H2,22,26)(H,23,27)/t18-/m1/s1.